The summed E-state index contributed by atoms with van der Waals surface area (Å²) in [7, 11) is 0. The highest BCUT2D eigenvalue weighted by Gasteiger charge is 2.29. The summed E-state index contributed by atoms with van der Waals surface area (Å²) >= 11 is 0. The zero-order valence-electron chi connectivity index (χ0n) is 7.70. The van der Waals surface area contributed by atoms with Gasteiger partial charge in [0, 0.05) is 25.7 Å². The molecular weight excluding hydrogens is 152 g/mol. The molecule has 0 bridgehead atoms. The van der Waals surface area contributed by atoms with Gasteiger partial charge in [0.05, 0.1) is 6.34 Å². The zero-order chi connectivity index (χ0) is 8.55. The molecule has 0 aliphatic carbocycles. The minimum atomic E-state index is 0.348. The third kappa shape index (κ3) is 1.32. The maximum absolute atomic E-state index is 4.34. The first-order valence-corrected chi connectivity index (χ1v) is 4.56. The van der Waals surface area contributed by atoms with Crippen molar-refractivity contribution in [3.8, 4) is 0 Å². The lowest BCUT2D eigenvalue weighted by Gasteiger charge is -2.37. The van der Waals surface area contributed by atoms with Gasteiger partial charge >= 0.3 is 0 Å². The van der Waals surface area contributed by atoms with Crippen LogP contribution in [0.25, 0.3) is 0 Å². The summed E-state index contributed by atoms with van der Waals surface area (Å²) in [5, 5.41) is 2.19. The number of hydrazine groups is 1. The number of nitrogens with zero attached hydrogens (tertiary/aromatic N) is 3. The van der Waals surface area contributed by atoms with Crippen molar-refractivity contribution in [2.75, 3.05) is 19.6 Å². The van der Waals surface area contributed by atoms with E-state index in [0.29, 0.717) is 12.2 Å². The summed E-state index contributed by atoms with van der Waals surface area (Å²) in [6.07, 6.45) is 2.15. The molecule has 2 heterocycles. The van der Waals surface area contributed by atoms with Crippen molar-refractivity contribution in [3.63, 3.8) is 0 Å². The van der Waals surface area contributed by atoms with Gasteiger partial charge in [-0.25, -0.2) is 0 Å². The molecule has 1 N–H and O–H groups in total. The molecule has 1 saturated heterocycles. The van der Waals surface area contributed by atoms with Gasteiger partial charge in [-0.15, -0.1) is 0 Å². The van der Waals surface area contributed by atoms with E-state index in [1.807, 2.05) is 0 Å². The minimum Gasteiger partial charge on any atom is -0.307 e. The molecule has 0 aromatic rings. The number of piperazine rings is 1. The van der Waals surface area contributed by atoms with Crippen LogP contribution in [-0.2, 0) is 0 Å². The molecular formula is C8H16N4. The van der Waals surface area contributed by atoms with Crippen molar-refractivity contribution < 1.29 is 0 Å². The summed E-state index contributed by atoms with van der Waals surface area (Å²) in [5.74, 6) is 0. The first-order chi connectivity index (χ1) is 5.77. The highest BCUT2D eigenvalue weighted by molar-refractivity contribution is 5.55. The van der Waals surface area contributed by atoms with Gasteiger partial charge in [-0.2, -0.15) is 5.01 Å². The van der Waals surface area contributed by atoms with E-state index in [4.69, 9.17) is 0 Å². The molecule has 1 fully saturated rings. The molecule has 0 spiro atoms. The Kier molecular flexibility index (Phi) is 2.02. The van der Waals surface area contributed by atoms with Crippen LogP contribution in [0.2, 0.25) is 0 Å². The van der Waals surface area contributed by atoms with E-state index in [1.165, 1.54) is 0 Å². The van der Waals surface area contributed by atoms with Crippen LogP contribution in [0.1, 0.15) is 13.8 Å². The molecule has 2 rings (SSSR count). The monoisotopic (exact) mass is 168 g/mol. The minimum absolute atomic E-state index is 0.348. The Morgan fingerprint density at radius 3 is 3.08 bits per heavy atom. The second kappa shape index (κ2) is 3.03. The van der Waals surface area contributed by atoms with Gasteiger partial charge in [-0.3, -0.25) is 9.89 Å². The summed E-state index contributed by atoms with van der Waals surface area (Å²) in [4.78, 5) is 6.80. The van der Waals surface area contributed by atoms with Crippen LogP contribution in [0.4, 0.5) is 0 Å². The Hall–Kier alpha value is -0.610. The SMILES string of the molecule is CC(C)N1CCN2NC=NC2C1. The van der Waals surface area contributed by atoms with Crippen molar-refractivity contribution in [1.29, 1.82) is 0 Å². The predicted molar refractivity (Wildman–Crippen MR) is 48.8 cm³/mol. The first-order valence-electron chi connectivity index (χ1n) is 4.56. The second-order valence-electron chi connectivity index (χ2n) is 3.67. The van der Waals surface area contributed by atoms with Crippen molar-refractivity contribution in [2.24, 2.45) is 4.99 Å². The van der Waals surface area contributed by atoms with Gasteiger partial charge in [-0.1, -0.05) is 0 Å². The Morgan fingerprint density at radius 2 is 2.33 bits per heavy atom. The fraction of sp³-hybridized carbons (Fsp3) is 0.875. The number of fused-ring (bicyclic) bond motifs is 1. The lowest BCUT2D eigenvalue weighted by Crippen LogP contribution is -2.55. The molecule has 0 aromatic carbocycles. The van der Waals surface area contributed by atoms with Crippen LogP contribution < -0.4 is 5.43 Å². The smallest absolute Gasteiger partial charge is 0.133 e. The Labute approximate surface area is 73.2 Å². The third-order valence-corrected chi connectivity index (χ3v) is 2.59. The number of aliphatic imine (C=N–C) groups is 1. The number of hydrogen-bond donors (Lipinski definition) is 1. The normalized spacial score (nSPS) is 30.8. The molecule has 12 heavy (non-hydrogen) atoms. The second-order valence-corrected chi connectivity index (χ2v) is 3.67. The van der Waals surface area contributed by atoms with Crippen LogP contribution in [-0.4, -0.2) is 48.1 Å². The standard InChI is InChI=1S/C8H16N4/c1-7(2)11-3-4-12-8(5-11)9-6-10-12/h6-8H,3-5H2,1-2H3,(H,9,10). The van der Waals surface area contributed by atoms with Crippen molar-refractivity contribution in [2.45, 2.75) is 26.1 Å². The van der Waals surface area contributed by atoms with Crippen molar-refractivity contribution in [3.05, 3.63) is 0 Å². The quantitative estimate of drug-likeness (QED) is 0.592. The van der Waals surface area contributed by atoms with Crippen LogP contribution in [0.15, 0.2) is 4.99 Å². The van der Waals surface area contributed by atoms with Gasteiger partial charge in [0.2, 0.25) is 0 Å². The maximum Gasteiger partial charge on any atom is 0.133 e. The summed E-state index contributed by atoms with van der Waals surface area (Å²) in [5.41, 5.74) is 3.13. The van der Waals surface area contributed by atoms with Gasteiger partial charge < -0.3 is 5.43 Å². The predicted octanol–water partition coefficient (Wildman–Crippen LogP) is -0.115. The van der Waals surface area contributed by atoms with Gasteiger partial charge in [0.15, 0.2) is 0 Å². The Bertz CT molecular complexity index is 189. The van der Waals surface area contributed by atoms with Crippen LogP contribution in [0, 0.1) is 0 Å². The molecule has 0 amide bonds. The van der Waals surface area contributed by atoms with Crippen molar-refractivity contribution >= 4 is 6.34 Å². The van der Waals surface area contributed by atoms with E-state index in [-0.39, 0.29) is 0 Å². The van der Waals surface area contributed by atoms with E-state index in [0.717, 1.165) is 19.6 Å². The lowest BCUT2D eigenvalue weighted by molar-refractivity contribution is 0.0552. The fourth-order valence-corrected chi connectivity index (χ4v) is 1.73. The summed E-state index contributed by atoms with van der Waals surface area (Å²) in [6, 6.07) is 0.642. The zero-order valence-corrected chi connectivity index (χ0v) is 7.70. The molecule has 0 aromatic heterocycles. The lowest BCUT2D eigenvalue weighted by atomic mass is 10.2. The average molecular weight is 168 g/mol. The highest BCUT2D eigenvalue weighted by Crippen LogP contribution is 2.12. The first kappa shape index (κ1) is 8.01. The van der Waals surface area contributed by atoms with Crippen LogP contribution >= 0.6 is 0 Å². The van der Waals surface area contributed by atoms with E-state index >= 15 is 0 Å². The molecule has 2 aliphatic heterocycles. The van der Waals surface area contributed by atoms with E-state index in [9.17, 15) is 0 Å². The van der Waals surface area contributed by atoms with E-state index in [1.54, 1.807) is 6.34 Å². The Morgan fingerprint density at radius 1 is 1.50 bits per heavy atom. The topological polar surface area (TPSA) is 30.9 Å². The molecule has 0 saturated carbocycles. The van der Waals surface area contributed by atoms with Crippen LogP contribution in [0.3, 0.4) is 0 Å². The van der Waals surface area contributed by atoms with Gasteiger partial charge in [0.1, 0.15) is 6.17 Å². The van der Waals surface area contributed by atoms with E-state index < -0.39 is 0 Å². The van der Waals surface area contributed by atoms with Gasteiger partial charge in [-0.05, 0) is 13.8 Å². The molecule has 4 heteroatoms. The third-order valence-electron chi connectivity index (χ3n) is 2.59. The van der Waals surface area contributed by atoms with E-state index in [2.05, 4.69) is 34.2 Å². The molecule has 4 nitrogen and oxygen atoms in total. The van der Waals surface area contributed by atoms with Crippen LogP contribution in [0.5, 0.6) is 0 Å². The average Bonchev–Trinajstić information content (AvgIpc) is 2.49. The molecule has 1 atom stereocenters. The number of nitrogens with one attached hydrogen (secondary N) is 1. The summed E-state index contributed by atoms with van der Waals surface area (Å²) < 4.78 is 0. The van der Waals surface area contributed by atoms with Gasteiger partial charge in [0.25, 0.3) is 0 Å². The largest absolute Gasteiger partial charge is 0.307 e. The molecule has 2 aliphatic rings. The molecule has 1 unspecified atom stereocenters. The molecule has 68 valence electrons. The fourth-order valence-electron chi connectivity index (χ4n) is 1.73. The summed E-state index contributed by atoms with van der Waals surface area (Å²) in [6.45, 7) is 7.75. The Balaban J connectivity index is 1.96. The maximum atomic E-state index is 4.34. The van der Waals surface area contributed by atoms with Crippen molar-refractivity contribution in [1.82, 2.24) is 15.3 Å². The molecule has 0 radical (unpaired) electrons. The number of rotatable bonds is 1. The number of hydrogen-bond acceptors (Lipinski definition) is 4. The highest BCUT2D eigenvalue weighted by atomic mass is 15.6.